The highest BCUT2D eigenvalue weighted by atomic mass is 16.5. The van der Waals surface area contributed by atoms with Gasteiger partial charge in [-0.15, -0.1) is 0 Å². The van der Waals surface area contributed by atoms with E-state index in [9.17, 15) is 9.59 Å². The zero-order valence-corrected chi connectivity index (χ0v) is 7.66. The van der Waals surface area contributed by atoms with Crippen LogP contribution in [0.5, 0.6) is 0 Å². The van der Waals surface area contributed by atoms with Gasteiger partial charge in [0, 0.05) is 12.1 Å². The molecule has 2 N–H and O–H groups in total. The second kappa shape index (κ2) is 5.31. The van der Waals surface area contributed by atoms with Crippen molar-refractivity contribution in [3.8, 4) is 0 Å². The van der Waals surface area contributed by atoms with Crippen molar-refractivity contribution in [3.63, 3.8) is 0 Å². The highest BCUT2D eigenvalue weighted by Crippen LogP contribution is 1.90. The van der Waals surface area contributed by atoms with E-state index in [1.54, 1.807) is 6.92 Å². The summed E-state index contributed by atoms with van der Waals surface area (Å²) in [5.74, 6) is -1.51. The van der Waals surface area contributed by atoms with Crippen molar-refractivity contribution in [2.75, 3.05) is 13.7 Å². The van der Waals surface area contributed by atoms with Crippen molar-refractivity contribution in [3.05, 3.63) is 12.2 Å². The summed E-state index contributed by atoms with van der Waals surface area (Å²) < 4.78 is 4.43. The van der Waals surface area contributed by atoms with E-state index in [4.69, 9.17) is 5.11 Å². The molecule has 0 saturated heterocycles. The fourth-order valence-electron chi connectivity index (χ4n) is 0.612. The number of carbonyl (C=O) groups is 2. The first kappa shape index (κ1) is 11.6. The molecule has 0 aliphatic carbocycles. The molecule has 0 bridgehead atoms. The highest BCUT2D eigenvalue weighted by molar-refractivity contribution is 5.86. The minimum atomic E-state index is -1.08. The lowest BCUT2D eigenvalue weighted by Gasteiger charge is -2.10. The minimum Gasteiger partial charge on any atom is -0.478 e. The number of aliphatic carboxylic acids is 1. The summed E-state index contributed by atoms with van der Waals surface area (Å²) in [7, 11) is 1.27. The molecule has 0 radical (unpaired) electrons. The van der Waals surface area contributed by atoms with E-state index in [1.807, 2.05) is 0 Å². The summed E-state index contributed by atoms with van der Waals surface area (Å²) in [6.45, 7) is 4.94. The molecule has 0 aromatic carbocycles. The zero-order chi connectivity index (χ0) is 10.4. The van der Waals surface area contributed by atoms with Crippen LogP contribution in [0.4, 0.5) is 0 Å². The number of hydrogen-bond acceptors (Lipinski definition) is 4. The van der Waals surface area contributed by atoms with Crippen molar-refractivity contribution in [1.82, 2.24) is 5.32 Å². The average molecular weight is 187 g/mol. The number of carboxylic acid groups (broad SMARTS) is 1. The lowest BCUT2D eigenvalue weighted by molar-refractivity contribution is -0.142. The Morgan fingerprint density at radius 2 is 2.15 bits per heavy atom. The van der Waals surface area contributed by atoms with E-state index in [1.165, 1.54) is 7.11 Å². The summed E-state index contributed by atoms with van der Waals surface area (Å²) in [5, 5.41) is 11.1. The molecule has 1 unspecified atom stereocenters. The van der Waals surface area contributed by atoms with Crippen molar-refractivity contribution >= 4 is 11.9 Å². The number of methoxy groups -OCH3 is 1. The number of carbonyl (C=O) groups excluding carboxylic acids is 1. The predicted molar refractivity (Wildman–Crippen MR) is 46.3 cm³/mol. The Hall–Kier alpha value is -1.36. The number of hydrogen-bond donors (Lipinski definition) is 2. The molecule has 5 heteroatoms. The molecule has 0 aromatic heterocycles. The Bertz CT molecular complexity index is 224. The van der Waals surface area contributed by atoms with Gasteiger partial charge in [-0.3, -0.25) is 4.79 Å². The summed E-state index contributed by atoms with van der Waals surface area (Å²) in [6, 6.07) is -0.527. The molecule has 13 heavy (non-hydrogen) atoms. The maximum absolute atomic E-state index is 10.8. The molecule has 0 rings (SSSR count). The van der Waals surface area contributed by atoms with E-state index in [0.29, 0.717) is 0 Å². The fraction of sp³-hybridized carbons (Fsp3) is 0.500. The summed E-state index contributed by atoms with van der Waals surface area (Å²) >= 11 is 0. The van der Waals surface area contributed by atoms with Gasteiger partial charge in [-0.2, -0.15) is 0 Å². The van der Waals surface area contributed by atoms with Crippen LogP contribution >= 0.6 is 0 Å². The largest absolute Gasteiger partial charge is 0.478 e. The molecule has 0 heterocycles. The van der Waals surface area contributed by atoms with Gasteiger partial charge in [0.15, 0.2) is 0 Å². The van der Waals surface area contributed by atoms with Gasteiger partial charge in [0.2, 0.25) is 0 Å². The Kier molecular flexibility index (Phi) is 4.76. The molecule has 0 aromatic rings. The van der Waals surface area contributed by atoms with Gasteiger partial charge in [-0.1, -0.05) is 6.58 Å². The Morgan fingerprint density at radius 3 is 2.54 bits per heavy atom. The molecular formula is C8H13NO4. The lowest BCUT2D eigenvalue weighted by Crippen LogP contribution is -2.36. The number of rotatable bonds is 5. The van der Waals surface area contributed by atoms with Crippen LogP contribution in [-0.2, 0) is 14.3 Å². The number of carboxylic acids is 1. The van der Waals surface area contributed by atoms with Gasteiger partial charge in [0.1, 0.15) is 6.04 Å². The Morgan fingerprint density at radius 1 is 1.62 bits per heavy atom. The predicted octanol–water partition coefficient (Wildman–Crippen LogP) is -0.222. The quantitative estimate of drug-likeness (QED) is 0.459. The molecule has 0 aliphatic rings. The van der Waals surface area contributed by atoms with Gasteiger partial charge in [0.25, 0.3) is 0 Å². The van der Waals surface area contributed by atoms with E-state index in [2.05, 4.69) is 16.6 Å². The SMILES string of the molecule is C=C(CNC(C)C(=O)OC)C(=O)O. The molecule has 0 amide bonds. The topological polar surface area (TPSA) is 75.6 Å². The summed E-state index contributed by atoms with van der Waals surface area (Å²) in [4.78, 5) is 21.1. The smallest absolute Gasteiger partial charge is 0.332 e. The second-order valence-corrected chi connectivity index (χ2v) is 2.53. The van der Waals surface area contributed by atoms with Crippen LogP contribution in [-0.4, -0.2) is 36.7 Å². The number of ether oxygens (including phenoxy) is 1. The molecule has 0 fully saturated rings. The summed E-state index contributed by atoms with van der Waals surface area (Å²) in [6.07, 6.45) is 0. The third kappa shape index (κ3) is 4.27. The van der Waals surface area contributed by atoms with Crippen LogP contribution in [0.3, 0.4) is 0 Å². The van der Waals surface area contributed by atoms with Gasteiger partial charge >= 0.3 is 11.9 Å². The Balaban J connectivity index is 3.83. The molecule has 1 atom stereocenters. The average Bonchev–Trinajstić information content (AvgIpc) is 2.11. The van der Waals surface area contributed by atoms with Crippen molar-refractivity contribution in [2.24, 2.45) is 0 Å². The van der Waals surface area contributed by atoms with E-state index >= 15 is 0 Å². The first-order valence-corrected chi connectivity index (χ1v) is 3.71. The maximum atomic E-state index is 10.8. The molecule has 0 spiro atoms. The second-order valence-electron chi connectivity index (χ2n) is 2.53. The van der Waals surface area contributed by atoms with E-state index in [-0.39, 0.29) is 12.1 Å². The number of esters is 1. The van der Waals surface area contributed by atoms with E-state index < -0.39 is 18.0 Å². The first-order valence-electron chi connectivity index (χ1n) is 3.71. The standard InChI is InChI=1S/C8H13NO4/c1-5(7(10)11)4-9-6(2)8(12)13-3/h6,9H,1,4H2,2-3H3,(H,10,11). The van der Waals surface area contributed by atoms with Crippen LogP contribution in [0, 0.1) is 0 Å². The van der Waals surface area contributed by atoms with Crippen LogP contribution in [0.25, 0.3) is 0 Å². The normalized spacial score (nSPS) is 11.8. The number of nitrogens with one attached hydrogen (secondary N) is 1. The van der Waals surface area contributed by atoms with Gasteiger partial charge < -0.3 is 15.2 Å². The minimum absolute atomic E-state index is 0.00996. The van der Waals surface area contributed by atoms with Crippen LogP contribution < -0.4 is 5.32 Å². The van der Waals surface area contributed by atoms with Crippen LogP contribution in [0.2, 0.25) is 0 Å². The molecule has 74 valence electrons. The third-order valence-corrected chi connectivity index (χ3v) is 1.48. The monoisotopic (exact) mass is 187 g/mol. The highest BCUT2D eigenvalue weighted by Gasteiger charge is 2.13. The van der Waals surface area contributed by atoms with Gasteiger partial charge in [-0.05, 0) is 6.92 Å². The van der Waals surface area contributed by atoms with Crippen molar-refractivity contribution in [1.29, 1.82) is 0 Å². The van der Waals surface area contributed by atoms with Gasteiger partial charge in [-0.25, -0.2) is 4.79 Å². The maximum Gasteiger partial charge on any atom is 0.332 e. The molecular weight excluding hydrogens is 174 g/mol. The molecule has 0 saturated carbocycles. The van der Waals surface area contributed by atoms with Crippen LogP contribution in [0.1, 0.15) is 6.92 Å². The lowest BCUT2D eigenvalue weighted by atomic mass is 10.2. The third-order valence-electron chi connectivity index (χ3n) is 1.48. The van der Waals surface area contributed by atoms with Crippen molar-refractivity contribution < 1.29 is 19.4 Å². The summed E-state index contributed by atoms with van der Waals surface area (Å²) in [5.41, 5.74) is 0.00996. The van der Waals surface area contributed by atoms with E-state index in [0.717, 1.165) is 0 Å². The van der Waals surface area contributed by atoms with Crippen LogP contribution in [0.15, 0.2) is 12.2 Å². The molecule has 0 aliphatic heterocycles. The van der Waals surface area contributed by atoms with Gasteiger partial charge in [0.05, 0.1) is 7.11 Å². The fourth-order valence-corrected chi connectivity index (χ4v) is 0.612. The first-order chi connectivity index (χ1) is 5.99. The Labute approximate surface area is 76.4 Å². The zero-order valence-electron chi connectivity index (χ0n) is 7.66. The molecule has 5 nitrogen and oxygen atoms in total. The van der Waals surface area contributed by atoms with Crippen molar-refractivity contribution in [2.45, 2.75) is 13.0 Å².